The van der Waals surface area contributed by atoms with Crippen LogP contribution in [-0.4, -0.2) is 50.1 Å². The van der Waals surface area contributed by atoms with Gasteiger partial charge in [0.05, 0.1) is 10.9 Å². The van der Waals surface area contributed by atoms with E-state index in [1.165, 1.54) is 30.8 Å². The Kier molecular flexibility index (Phi) is 6.36. The van der Waals surface area contributed by atoms with Gasteiger partial charge in [-0.05, 0) is 43.9 Å². The molecule has 5 nitrogen and oxygen atoms in total. The molecule has 2 aromatic rings. The van der Waals surface area contributed by atoms with Crippen LogP contribution in [0.5, 0.6) is 0 Å². The predicted octanol–water partition coefficient (Wildman–Crippen LogP) is 3.50. The van der Waals surface area contributed by atoms with Crippen LogP contribution in [0.4, 0.5) is 10.1 Å². The molecule has 1 aliphatic heterocycles. The van der Waals surface area contributed by atoms with Crippen LogP contribution in [-0.2, 0) is 14.3 Å². The standard InChI is InChI=1S/C21H23FN2O3S/c1-14(25)27-19-20(15-8-10-16(22)11-9-15)28-18-7-5-4-6-17(18)24(21(19)26)13-12-23(2)3/h4-11,19-20H,12-13H2,1-3H3. The number of carbonyl (C=O) groups is 2. The van der Waals surface area contributed by atoms with Crippen LogP contribution in [0.3, 0.4) is 0 Å². The van der Waals surface area contributed by atoms with Gasteiger partial charge in [-0.25, -0.2) is 4.39 Å². The Bertz CT molecular complexity index is 857. The molecule has 0 aliphatic carbocycles. The van der Waals surface area contributed by atoms with E-state index in [1.807, 2.05) is 43.3 Å². The number of thioether (sulfide) groups is 1. The monoisotopic (exact) mass is 402 g/mol. The van der Waals surface area contributed by atoms with Crippen molar-refractivity contribution in [3.05, 3.63) is 59.9 Å². The van der Waals surface area contributed by atoms with Crippen molar-refractivity contribution in [1.82, 2.24) is 4.90 Å². The van der Waals surface area contributed by atoms with Gasteiger partial charge in [0.2, 0.25) is 0 Å². The first kappa shape index (κ1) is 20.4. The van der Waals surface area contributed by atoms with Gasteiger partial charge < -0.3 is 14.5 Å². The Hall–Kier alpha value is -2.38. The zero-order valence-electron chi connectivity index (χ0n) is 16.1. The summed E-state index contributed by atoms with van der Waals surface area (Å²) >= 11 is 1.45. The summed E-state index contributed by atoms with van der Waals surface area (Å²) in [7, 11) is 3.88. The molecule has 0 aromatic heterocycles. The number of likely N-dealkylation sites (N-methyl/N-ethyl adjacent to an activating group) is 1. The van der Waals surface area contributed by atoms with Crippen molar-refractivity contribution in [3.63, 3.8) is 0 Å². The van der Waals surface area contributed by atoms with E-state index in [4.69, 9.17) is 4.74 Å². The first-order valence-electron chi connectivity index (χ1n) is 9.01. The smallest absolute Gasteiger partial charge is 0.303 e. The number of fused-ring (bicyclic) bond motifs is 1. The van der Waals surface area contributed by atoms with Gasteiger partial charge in [-0.2, -0.15) is 0 Å². The van der Waals surface area contributed by atoms with E-state index in [-0.39, 0.29) is 11.7 Å². The number of anilines is 1. The summed E-state index contributed by atoms with van der Waals surface area (Å²) in [5, 5.41) is -0.470. The number of amides is 1. The van der Waals surface area contributed by atoms with Crippen molar-refractivity contribution in [2.24, 2.45) is 0 Å². The zero-order valence-corrected chi connectivity index (χ0v) is 16.9. The second kappa shape index (κ2) is 8.75. The average Bonchev–Trinajstić information content (AvgIpc) is 2.76. The number of rotatable bonds is 5. The minimum atomic E-state index is -0.998. The van der Waals surface area contributed by atoms with Gasteiger partial charge in [-0.1, -0.05) is 24.3 Å². The molecule has 2 atom stereocenters. The number of esters is 1. The fourth-order valence-corrected chi connectivity index (χ4v) is 4.42. The van der Waals surface area contributed by atoms with E-state index in [9.17, 15) is 14.0 Å². The van der Waals surface area contributed by atoms with Gasteiger partial charge >= 0.3 is 5.97 Å². The van der Waals surface area contributed by atoms with E-state index in [0.717, 1.165) is 16.1 Å². The van der Waals surface area contributed by atoms with Crippen LogP contribution in [0.25, 0.3) is 0 Å². The molecule has 0 saturated carbocycles. The molecule has 0 fully saturated rings. The number of hydrogen-bond acceptors (Lipinski definition) is 5. The van der Waals surface area contributed by atoms with Crippen molar-refractivity contribution in [2.45, 2.75) is 23.2 Å². The topological polar surface area (TPSA) is 49.9 Å². The van der Waals surface area contributed by atoms with Crippen LogP contribution < -0.4 is 4.90 Å². The zero-order chi connectivity index (χ0) is 20.3. The molecular formula is C21H23FN2O3S. The summed E-state index contributed by atoms with van der Waals surface area (Å²) < 4.78 is 18.9. The summed E-state index contributed by atoms with van der Waals surface area (Å²) in [6, 6.07) is 13.6. The third-order valence-electron chi connectivity index (χ3n) is 4.46. The van der Waals surface area contributed by atoms with E-state index < -0.39 is 17.3 Å². The van der Waals surface area contributed by atoms with Gasteiger partial charge in [0.15, 0.2) is 6.10 Å². The predicted molar refractivity (Wildman–Crippen MR) is 108 cm³/mol. The molecule has 0 bridgehead atoms. The summed E-state index contributed by atoms with van der Waals surface area (Å²) in [4.78, 5) is 29.8. The molecule has 0 saturated heterocycles. The van der Waals surface area contributed by atoms with E-state index in [0.29, 0.717) is 13.1 Å². The maximum Gasteiger partial charge on any atom is 0.303 e. The van der Waals surface area contributed by atoms with E-state index in [2.05, 4.69) is 0 Å². The number of nitrogens with zero attached hydrogens (tertiary/aromatic N) is 2. The highest BCUT2D eigenvalue weighted by Crippen LogP contribution is 2.46. The maximum absolute atomic E-state index is 13.4. The number of ether oxygens (including phenoxy) is 1. The summed E-state index contributed by atoms with van der Waals surface area (Å²) in [5.74, 6) is -1.15. The van der Waals surface area contributed by atoms with Crippen molar-refractivity contribution in [2.75, 3.05) is 32.1 Å². The molecule has 7 heteroatoms. The highest BCUT2D eigenvalue weighted by atomic mass is 32.2. The normalized spacial score (nSPS) is 19.3. The van der Waals surface area contributed by atoms with Gasteiger partial charge in [0, 0.05) is 24.9 Å². The average molecular weight is 402 g/mol. The molecule has 1 aliphatic rings. The van der Waals surface area contributed by atoms with Gasteiger partial charge in [-0.3, -0.25) is 9.59 Å². The lowest BCUT2D eigenvalue weighted by Gasteiger charge is -2.28. The fraction of sp³-hybridized carbons (Fsp3) is 0.333. The number of para-hydroxylation sites is 1. The molecule has 1 heterocycles. The van der Waals surface area contributed by atoms with Crippen LogP contribution >= 0.6 is 11.8 Å². The minimum absolute atomic E-state index is 0.274. The Morgan fingerprint density at radius 2 is 1.86 bits per heavy atom. The molecular weight excluding hydrogens is 379 g/mol. The van der Waals surface area contributed by atoms with E-state index in [1.54, 1.807) is 17.0 Å². The van der Waals surface area contributed by atoms with Gasteiger partial charge in [0.25, 0.3) is 5.91 Å². The lowest BCUT2D eigenvalue weighted by Crippen LogP contribution is -2.45. The summed E-state index contributed by atoms with van der Waals surface area (Å²) in [6.45, 7) is 2.43. The number of halogens is 1. The molecule has 0 N–H and O–H groups in total. The largest absolute Gasteiger partial charge is 0.451 e. The van der Waals surface area contributed by atoms with Crippen LogP contribution in [0.1, 0.15) is 17.7 Å². The van der Waals surface area contributed by atoms with Crippen LogP contribution in [0.15, 0.2) is 53.4 Å². The third-order valence-corrected chi connectivity index (χ3v) is 5.83. The highest BCUT2D eigenvalue weighted by molar-refractivity contribution is 7.99. The summed E-state index contributed by atoms with van der Waals surface area (Å²) in [6.07, 6.45) is -0.998. The number of benzene rings is 2. The first-order chi connectivity index (χ1) is 13.4. The quantitative estimate of drug-likeness (QED) is 0.717. The second-order valence-electron chi connectivity index (χ2n) is 6.88. The Labute approximate surface area is 168 Å². The Morgan fingerprint density at radius 3 is 2.50 bits per heavy atom. The lowest BCUT2D eigenvalue weighted by atomic mass is 10.1. The molecule has 3 rings (SSSR count). The van der Waals surface area contributed by atoms with Crippen molar-refractivity contribution in [1.29, 1.82) is 0 Å². The fourth-order valence-electron chi connectivity index (χ4n) is 3.10. The lowest BCUT2D eigenvalue weighted by molar-refractivity contribution is -0.152. The summed E-state index contributed by atoms with van der Waals surface area (Å²) in [5.41, 5.74) is 1.52. The van der Waals surface area contributed by atoms with Gasteiger partial charge in [0.1, 0.15) is 5.82 Å². The van der Waals surface area contributed by atoms with Crippen molar-refractivity contribution in [3.8, 4) is 0 Å². The molecule has 2 unspecified atom stereocenters. The first-order valence-corrected chi connectivity index (χ1v) is 9.89. The van der Waals surface area contributed by atoms with Crippen molar-refractivity contribution >= 4 is 29.3 Å². The molecule has 1 amide bonds. The molecule has 148 valence electrons. The molecule has 0 spiro atoms. The third kappa shape index (κ3) is 4.54. The van der Waals surface area contributed by atoms with E-state index >= 15 is 0 Å². The SMILES string of the molecule is CC(=O)OC1C(=O)N(CCN(C)C)c2ccccc2SC1c1ccc(F)cc1. The number of carbonyl (C=O) groups excluding carboxylic acids is 2. The number of hydrogen-bond donors (Lipinski definition) is 0. The van der Waals surface area contributed by atoms with Crippen LogP contribution in [0, 0.1) is 5.82 Å². The molecule has 28 heavy (non-hydrogen) atoms. The Balaban J connectivity index is 2.07. The van der Waals surface area contributed by atoms with Crippen molar-refractivity contribution < 1.29 is 18.7 Å². The second-order valence-corrected chi connectivity index (χ2v) is 8.06. The molecule has 0 radical (unpaired) electrons. The van der Waals surface area contributed by atoms with Crippen LogP contribution in [0.2, 0.25) is 0 Å². The Morgan fingerprint density at radius 1 is 1.18 bits per heavy atom. The van der Waals surface area contributed by atoms with Gasteiger partial charge in [-0.15, -0.1) is 11.8 Å². The minimum Gasteiger partial charge on any atom is -0.451 e. The highest BCUT2D eigenvalue weighted by Gasteiger charge is 2.40. The maximum atomic E-state index is 13.4. The molecule has 2 aromatic carbocycles.